The molecule has 0 bridgehead atoms. The van der Waals surface area contributed by atoms with Gasteiger partial charge in [-0.05, 0) is 6.42 Å². The third-order valence-corrected chi connectivity index (χ3v) is 3.46. The van der Waals surface area contributed by atoms with E-state index in [2.05, 4.69) is 25.7 Å². The number of alkyl halides is 3. The van der Waals surface area contributed by atoms with Crippen LogP contribution in [0, 0.1) is 0 Å². The summed E-state index contributed by atoms with van der Waals surface area (Å²) in [6, 6.07) is -0.0481. The molecule has 1 unspecified atom stereocenters. The van der Waals surface area contributed by atoms with Crippen LogP contribution in [-0.4, -0.2) is 64.5 Å². The van der Waals surface area contributed by atoms with E-state index in [4.69, 9.17) is 0 Å². The first kappa shape index (κ1) is 16.5. The van der Waals surface area contributed by atoms with E-state index in [-0.39, 0.29) is 6.04 Å². The second-order valence-electron chi connectivity index (χ2n) is 5.21. The van der Waals surface area contributed by atoms with Crippen LogP contribution in [0.3, 0.4) is 0 Å². The van der Waals surface area contributed by atoms with Gasteiger partial charge >= 0.3 is 6.18 Å². The van der Waals surface area contributed by atoms with Crippen LogP contribution in [0.5, 0.6) is 0 Å². The van der Waals surface area contributed by atoms with E-state index >= 15 is 0 Å². The fourth-order valence-corrected chi connectivity index (χ4v) is 2.38. The Balaban J connectivity index is 1.78. The van der Waals surface area contributed by atoms with Crippen molar-refractivity contribution in [2.24, 2.45) is 12.0 Å². The van der Waals surface area contributed by atoms with Crippen molar-refractivity contribution in [1.29, 1.82) is 0 Å². The zero-order valence-corrected chi connectivity index (χ0v) is 12.6. The summed E-state index contributed by atoms with van der Waals surface area (Å²) in [7, 11) is 3.40. The molecule has 0 radical (unpaired) electrons. The summed E-state index contributed by atoms with van der Waals surface area (Å²) < 4.78 is 38.7. The summed E-state index contributed by atoms with van der Waals surface area (Å²) in [4.78, 5) is 9.55. The van der Waals surface area contributed by atoms with Crippen LogP contribution in [0.2, 0.25) is 0 Å². The number of rotatable bonds is 4. The first-order valence-corrected chi connectivity index (χ1v) is 6.96. The average molecular weight is 319 g/mol. The van der Waals surface area contributed by atoms with Gasteiger partial charge in [0.1, 0.15) is 12.2 Å². The van der Waals surface area contributed by atoms with Crippen LogP contribution < -0.4 is 10.6 Å². The lowest BCUT2D eigenvalue weighted by atomic mass is 10.3. The van der Waals surface area contributed by atoms with Crippen molar-refractivity contribution in [3.63, 3.8) is 0 Å². The highest BCUT2D eigenvalue weighted by atomic mass is 19.4. The normalized spacial score (nSPS) is 20.4. The van der Waals surface area contributed by atoms with Gasteiger partial charge in [0.2, 0.25) is 0 Å². The topological polar surface area (TPSA) is 70.4 Å². The SMILES string of the molecule is CN=C(NCc1ncnn1C)NC1CCN(CC(F)(F)F)C1. The molecule has 1 aliphatic rings. The standard InChI is InChI=1S/C12H20F3N7/c1-16-11(17-5-10-18-8-19-21(10)2)20-9-3-4-22(6-9)7-12(13,14)15/h8-9H,3-7H2,1-2H3,(H2,16,17,20). The van der Waals surface area contributed by atoms with Gasteiger partial charge in [-0.15, -0.1) is 0 Å². The Morgan fingerprint density at radius 1 is 1.50 bits per heavy atom. The van der Waals surface area contributed by atoms with E-state index in [0.717, 1.165) is 5.82 Å². The summed E-state index contributed by atoms with van der Waals surface area (Å²) >= 11 is 0. The Kier molecular flexibility index (Phi) is 5.22. The molecule has 22 heavy (non-hydrogen) atoms. The predicted octanol–water partition coefficient (Wildman–Crippen LogP) is 0.117. The van der Waals surface area contributed by atoms with E-state index < -0.39 is 12.7 Å². The molecule has 1 fully saturated rings. The summed E-state index contributed by atoms with van der Waals surface area (Å²) in [5.74, 6) is 1.29. The lowest BCUT2D eigenvalue weighted by molar-refractivity contribution is -0.143. The number of nitrogens with zero attached hydrogens (tertiary/aromatic N) is 5. The molecule has 1 aromatic rings. The van der Waals surface area contributed by atoms with E-state index in [9.17, 15) is 13.2 Å². The molecule has 2 heterocycles. The largest absolute Gasteiger partial charge is 0.401 e. The molecule has 0 saturated carbocycles. The summed E-state index contributed by atoms with van der Waals surface area (Å²) in [5.41, 5.74) is 0. The molecule has 0 spiro atoms. The predicted molar refractivity (Wildman–Crippen MR) is 75.2 cm³/mol. The van der Waals surface area contributed by atoms with Gasteiger partial charge in [-0.2, -0.15) is 18.3 Å². The lowest BCUT2D eigenvalue weighted by Gasteiger charge is -2.19. The number of hydrogen-bond acceptors (Lipinski definition) is 4. The number of guanidine groups is 1. The average Bonchev–Trinajstić information content (AvgIpc) is 3.02. The van der Waals surface area contributed by atoms with Gasteiger partial charge in [0.05, 0.1) is 13.1 Å². The smallest absolute Gasteiger partial charge is 0.352 e. The van der Waals surface area contributed by atoms with Gasteiger partial charge < -0.3 is 10.6 Å². The maximum atomic E-state index is 12.4. The van der Waals surface area contributed by atoms with Gasteiger partial charge in [0, 0.05) is 33.2 Å². The number of aryl methyl sites for hydroxylation is 1. The lowest BCUT2D eigenvalue weighted by Crippen LogP contribution is -2.45. The first-order chi connectivity index (χ1) is 10.4. The van der Waals surface area contributed by atoms with Crippen LogP contribution >= 0.6 is 0 Å². The molecular formula is C12H20F3N7. The summed E-state index contributed by atoms with van der Waals surface area (Å²) in [5, 5.41) is 10.2. The zero-order valence-electron chi connectivity index (χ0n) is 12.6. The Morgan fingerprint density at radius 2 is 2.27 bits per heavy atom. The van der Waals surface area contributed by atoms with Crippen LogP contribution in [0.25, 0.3) is 0 Å². The number of likely N-dealkylation sites (tertiary alicyclic amines) is 1. The molecule has 1 aliphatic heterocycles. The van der Waals surface area contributed by atoms with Crippen molar-refractivity contribution in [2.75, 3.05) is 26.7 Å². The maximum absolute atomic E-state index is 12.4. The van der Waals surface area contributed by atoms with Crippen LogP contribution in [0.4, 0.5) is 13.2 Å². The minimum atomic E-state index is -4.15. The van der Waals surface area contributed by atoms with Gasteiger partial charge in [0.15, 0.2) is 5.96 Å². The number of nitrogens with one attached hydrogen (secondary N) is 2. The second kappa shape index (κ2) is 6.95. The number of halogens is 3. The van der Waals surface area contributed by atoms with Gasteiger partial charge in [0.25, 0.3) is 0 Å². The Labute approximate surface area is 126 Å². The number of aliphatic imine (C=N–C) groups is 1. The molecule has 10 heteroatoms. The minimum absolute atomic E-state index is 0.0481. The van der Waals surface area contributed by atoms with Crippen molar-refractivity contribution in [2.45, 2.75) is 25.2 Å². The Bertz CT molecular complexity index is 511. The van der Waals surface area contributed by atoms with Gasteiger partial charge in [-0.3, -0.25) is 14.6 Å². The van der Waals surface area contributed by atoms with E-state index in [1.807, 2.05) is 0 Å². The molecule has 0 aromatic carbocycles. The molecule has 1 atom stereocenters. The minimum Gasteiger partial charge on any atom is -0.352 e. The summed E-state index contributed by atoms with van der Waals surface area (Å²) in [6.07, 6.45) is -2.04. The highest BCUT2D eigenvalue weighted by molar-refractivity contribution is 5.79. The quantitative estimate of drug-likeness (QED) is 0.609. The molecule has 0 aliphatic carbocycles. The van der Waals surface area contributed by atoms with Crippen LogP contribution in [0.15, 0.2) is 11.3 Å². The molecule has 0 amide bonds. The molecule has 2 rings (SSSR count). The van der Waals surface area contributed by atoms with Gasteiger partial charge in [-0.25, -0.2) is 4.98 Å². The van der Waals surface area contributed by atoms with E-state index in [1.54, 1.807) is 18.8 Å². The fraction of sp³-hybridized carbons (Fsp3) is 0.750. The third-order valence-electron chi connectivity index (χ3n) is 3.46. The number of aromatic nitrogens is 3. The van der Waals surface area contributed by atoms with Crippen molar-refractivity contribution >= 4 is 5.96 Å². The zero-order chi connectivity index (χ0) is 16.2. The second-order valence-corrected chi connectivity index (χ2v) is 5.21. The number of hydrogen-bond donors (Lipinski definition) is 2. The van der Waals surface area contributed by atoms with Crippen LogP contribution in [-0.2, 0) is 13.6 Å². The Hall–Kier alpha value is -1.84. The third kappa shape index (κ3) is 4.86. The van der Waals surface area contributed by atoms with Crippen molar-refractivity contribution in [3.8, 4) is 0 Å². The fourth-order valence-electron chi connectivity index (χ4n) is 2.38. The maximum Gasteiger partial charge on any atom is 0.401 e. The molecule has 7 nitrogen and oxygen atoms in total. The monoisotopic (exact) mass is 319 g/mol. The summed E-state index contributed by atoms with van der Waals surface area (Å²) in [6.45, 7) is 0.354. The highest BCUT2D eigenvalue weighted by Gasteiger charge is 2.34. The molecular weight excluding hydrogens is 299 g/mol. The van der Waals surface area contributed by atoms with E-state index in [1.165, 1.54) is 11.2 Å². The van der Waals surface area contributed by atoms with Crippen molar-refractivity contribution in [1.82, 2.24) is 30.3 Å². The molecule has 1 saturated heterocycles. The van der Waals surface area contributed by atoms with Crippen molar-refractivity contribution < 1.29 is 13.2 Å². The first-order valence-electron chi connectivity index (χ1n) is 6.96. The molecule has 1 aromatic heterocycles. The van der Waals surface area contributed by atoms with Crippen LogP contribution in [0.1, 0.15) is 12.2 Å². The van der Waals surface area contributed by atoms with Gasteiger partial charge in [-0.1, -0.05) is 0 Å². The van der Waals surface area contributed by atoms with E-state index in [0.29, 0.717) is 32.0 Å². The highest BCUT2D eigenvalue weighted by Crippen LogP contribution is 2.19. The van der Waals surface area contributed by atoms with Crippen molar-refractivity contribution in [3.05, 3.63) is 12.2 Å². The molecule has 2 N–H and O–H groups in total. The molecule has 124 valence electrons. The Morgan fingerprint density at radius 3 is 2.86 bits per heavy atom.